The number of amides is 2. The summed E-state index contributed by atoms with van der Waals surface area (Å²) in [5.41, 5.74) is 6.17. The lowest BCUT2D eigenvalue weighted by Crippen LogP contribution is -2.51. The van der Waals surface area contributed by atoms with E-state index in [0.717, 1.165) is 18.8 Å². The average Bonchev–Trinajstić information content (AvgIpc) is 2.40. The first-order valence-corrected chi connectivity index (χ1v) is 6.31. The highest BCUT2D eigenvalue weighted by Gasteiger charge is 2.21. The highest BCUT2D eigenvalue weighted by atomic mass is 16.2. The molecule has 4 N–H and O–H groups in total. The number of rotatable bonds is 3. The molecule has 0 saturated carbocycles. The second-order valence-corrected chi connectivity index (χ2v) is 4.58. The Labute approximate surface area is 112 Å². The summed E-state index contributed by atoms with van der Waals surface area (Å²) in [6, 6.07) is 9.35. The topological polar surface area (TPSA) is 85.5 Å². The van der Waals surface area contributed by atoms with Gasteiger partial charge in [-0.2, -0.15) is 0 Å². The maximum Gasteiger partial charge on any atom is 0.321 e. The van der Waals surface area contributed by atoms with E-state index in [1.807, 2.05) is 30.3 Å². The van der Waals surface area contributed by atoms with Gasteiger partial charge in [-0.15, -0.1) is 0 Å². The zero-order valence-electron chi connectivity index (χ0n) is 10.8. The molecule has 0 bridgehead atoms. The van der Waals surface area contributed by atoms with Crippen molar-refractivity contribution in [3.63, 3.8) is 0 Å². The lowest BCUT2D eigenvalue weighted by molar-refractivity contribution is 0.158. The van der Waals surface area contributed by atoms with Crippen LogP contribution in [-0.4, -0.2) is 54.4 Å². The Balaban J connectivity index is 1.81. The molecule has 1 aromatic carbocycles. The molecule has 1 saturated heterocycles. The van der Waals surface area contributed by atoms with Crippen molar-refractivity contribution in [3.8, 4) is 0 Å². The number of urea groups is 1. The molecule has 0 unspecified atom stereocenters. The Morgan fingerprint density at radius 2 is 1.84 bits per heavy atom. The Morgan fingerprint density at radius 1 is 1.21 bits per heavy atom. The number of piperazine rings is 1. The number of nitrogens with zero attached hydrogens (tertiary/aromatic N) is 2. The minimum Gasteiger partial charge on any atom is -0.387 e. The van der Waals surface area contributed by atoms with Crippen molar-refractivity contribution in [1.29, 1.82) is 5.41 Å². The molecule has 19 heavy (non-hydrogen) atoms. The predicted molar refractivity (Wildman–Crippen MR) is 75.4 cm³/mol. The molecule has 6 nitrogen and oxygen atoms in total. The number of nitrogens with two attached hydrogens (primary N) is 1. The van der Waals surface area contributed by atoms with E-state index in [1.165, 1.54) is 0 Å². The summed E-state index contributed by atoms with van der Waals surface area (Å²) in [5.74, 6) is 0.169. The van der Waals surface area contributed by atoms with Gasteiger partial charge in [0.25, 0.3) is 0 Å². The van der Waals surface area contributed by atoms with Gasteiger partial charge in [0.05, 0.1) is 6.54 Å². The average molecular weight is 261 g/mol. The molecule has 1 heterocycles. The zero-order chi connectivity index (χ0) is 13.7. The molecule has 1 aliphatic rings. The van der Waals surface area contributed by atoms with Crippen molar-refractivity contribution in [1.82, 2.24) is 9.80 Å². The van der Waals surface area contributed by atoms with Crippen LogP contribution in [0, 0.1) is 5.41 Å². The Kier molecular flexibility index (Phi) is 4.35. The quantitative estimate of drug-likeness (QED) is 0.555. The van der Waals surface area contributed by atoms with Gasteiger partial charge in [0.2, 0.25) is 0 Å². The van der Waals surface area contributed by atoms with E-state index in [9.17, 15) is 4.79 Å². The fourth-order valence-corrected chi connectivity index (χ4v) is 2.07. The third kappa shape index (κ3) is 3.96. The number of carbonyl (C=O) groups excluding carboxylic acids is 1. The van der Waals surface area contributed by atoms with E-state index in [1.54, 1.807) is 4.90 Å². The summed E-state index contributed by atoms with van der Waals surface area (Å²) < 4.78 is 0. The van der Waals surface area contributed by atoms with Gasteiger partial charge in [0.1, 0.15) is 5.84 Å². The molecule has 0 spiro atoms. The molecular weight excluding hydrogens is 242 g/mol. The van der Waals surface area contributed by atoms with Gasteiger partial charge in [0, 0.05) is 31.9 Å². The highest BCUT2D eigenvalue weighted by Crippen LogP contribution is 2.08. The van der Waals surface area contributed by atoms with Gasteiger partial charge in [-0.1, -0.05) is 18.2 Å². The standard InChI is InChI=1S/C13H19N5O/c14-12(15)10-17-6-8-18(9-7-17)13(19)16-11-4-2-1-3-5-11/h1-5H,6-10H2,(H3,14,15)(H,16,19). The Hall–Kier alpha value is -2.08. The summed E-state index contributed by atoms with van der Waals surface area (Å²) >= 11 is 0. The van der Waals surface area contributed by atoms with Crippen molar-refractivity contribution in [2.24, 2.45) is 5.73 Å². The SMILES string of the molecule is N=C(N)CN1CCN(C(=O)Nc2ccccc2)CC1. The van der Waals surface area contributed by atoms with Crippen LogP contribution in [0.25, 0.3) is 0 Å². The number of para-hydroxylation sites is 1. The minimum absolute atomic E-state index is 0.0753. The molecule has 1 aromatic rings. The molecule has 6 heteroatoms. The first-order chi connectivity index (χ1) is 9.15. The molecule has 2 amide bonds. The van der Waals surface area contributed by atoms with Crippen LogP contribution in [0.3, 0.4) is 0 Å². The number of benzene rings is 1. The molecule has 1 fully saturated rings. The summed E-state index contributed by atoms with van der Waals surface area (Å²) in [5, 5.41) is 10.1. The Bertz CT molecular complexity index is 440. The molecule has 0 radical (unpaired) electrons. The van der Waals surface area contributed by atoms with Gasteiger partial charge in [-0.25, -0.2) is 4.79 Å². The van der Waals surface area contributed by atoms with E-state index < -0.39 is 0 Å². The minimum atomic E-state index is -0.0753. The van der Waals surface area contributed by atoms with Crippen molar-refractivity contribution in [2.45, 2.75) is 0 Å². The maximum absolute atomic E-state index is 12.0. The Morgan fingerprint density at radius 3 is 2.42 bits per heavy atom. The van der Waals surface area contributed by atoms with Crippen LogP contribution in [0.1, 0.15) is 0 Å². The fourth-order valence-electron chi connectivity index (χ4n) is 2.07. The molecule has 0 atom stereocenters. The molecule has 1 aliphatic heterocycles. The van der Waals surface area contributed by atoms with Gasteiger partial charge in [-0.05, 0) is 12.1 Å². The van der Waals surface area contributed by atoms with Crippen molar-refractivity contribution in [2.75, 3.05) is 38.0 Å². The van der Waals surface area contributed by atoms with E-state index in [2.05, 4.69) is 10.2 Å². The summed E-state index contributed by atoms with van der Waals surface area (Å²) in [7, 11) is 0. The lowest BCUT2D eigenvalue weighted by atomic mass is 10.3. The predicted octanol–water partition coefficient (Wildman–Crippen LogP) is 0.772. The monoisotopic (exact) mass is 261 g/mol. The maximum atomic E-state index is 12.0. The number of carbonyl (C=O) groups is 1. The van der Waals surface area contributed by atoms with Crippen LogP contribution in [0.2, 0.25) is 0 Å². The first kappa shape index (κ1) is 13.4. The van der Waals surface area contributed by atoms with Crippen LogP contribution >= 0.6 is 0 Å². The van der Waals surface area contributed by atoms with E-state index in [-0.39, 0.29) is 11.9 Å². The number of amidine groups is 1. The van der Waals surface area contributed by atoms with Crippen LogP contribution in [-0.2, 0) is 0 Å². The van der Waals surface area contributed by atoms with Crippen molar-refractivity contribution >= 4 is 17.6 Å². The third-order valence-electron chi connectivity index (χ3n) is 3.08. The summed E-state index contributed by atoms with van der Waals surface area (Å²) in [4.78, 5) is 15.9. The van der Waals surface area contributed by atoms with Gasteiger partial charge in [0.15, 0.2) is 0 Å². The van der Waals surface area contributed by atoms with Crippen molar-refractivity contribution < 1.29 is 4.79 Å². The van der Waals surface area contributed by atoms with Gasteiger partial charge >= 0.3 is 6.03 Å². The molecule has 102 valence electrons. The second-order valence-electron chi connectivity index (χ2n) is 4.58. The highest BCUT2D eigenvalue weighted by molar-refractivity contribution is 5.89. The van der Waals surface area contributed by atoms with Crippen LogP contribution in [0.15, 0.2) is 30.3 Å². The smallest absolute Gasteiger partial charge is 0.321 e. The van der Waals surface area contributed by atoms with E-state index in [4.69, 9.17) is 11.1 Å². The fraction of sp³-hybridized carbons (Fsp3) is 0.385. The number of hydrogen-bond donors (Lipinski definition) is 3. The molecule has 0 aromatic heterocycles. The first-order valence-electron chi connectivity index (χ1n) is 6.31. The number of nitrogens with one attached hydrogen (secondary N) is 2. The van der Waals surface area contributed by atoms with E-state index >= 15 is 0 Å². The van der Waals surface area contributed by atoms with Crippen LogP contribution < -0.4 is 11.1 Å². The number of anilines is 1. The lowest BCUT2D eigenvalue weighted by Gasteiger charge is -2.34. The largest absolute Gasteiger partial charge is 0.387 e. The summed E-state index contributed by atoms with van der Waals surface area (Å²) in [6.45, 7) is 3.30. The van der Waals surface area contributed by atoms with E-state index in [0.29, 0.717) is 19.6 Å². The van der Waals surface area contributed by atoms with Crippen LogP contribution in [0.5, 0.6) is 0 Å². The van der Waals surface area contributed by atoms with Gasteiger partial charge in [-0.3, -0.25) is 10.3 Å². The molecule has 2 rings (SSSR count). The van der Waals surface area contributed by atoms with Gasteiger partial charge < -0.3 is 16.0 Å². The molecule has 0 aliphatic carbocycles. The van der Waals surface area contributed by atoms with Crippen molar-refractivity contribution in [3.05, 3.63) is 30.3 Å². The number of hydrogen-bond acceptors (Lipinski definition) is 3. The summed E-state index contributed by atoms with van der Waals surface area (Å²) in [6.07, 6.45) is 0. The van der Waals surface area contributed by atoms with Crippen LogP contribution in [0.4, 0.5) is 10.5 Å². The normalized spacial score (nSPS) is 16.1. The third-order valence-corrected chi connectivity index (χ3v) is 3.08. The zero-order valence-corrected chi connectivity index (χ0v) is 10.8. The molecular formula is C13H19N5O. The second kappa shape index (κ2) is 6.19.